The predicted molar refractivity (Wildman–Crippen MR) is 127 cm³/mol. The first-order valence-corrected chi connectivity index (χ1v) is 12.0. The van der Waals surface area contributed by atoms with E-state index in [4.69, 9.17) is 14.2 Å². The van der Waals surface area contributed by atoms with Gasteiger partial charge in [0, 0.05) is 18.9 Å². The van der Waals surface area contributed by atoms with E-state index in [2.05, 4.69) is 36.6 Å². The molecule has 2 amide bonds. The summed E-state index contributed by atoms with van der Waals surface area (Å²) in [5, 5.41) is 15.4. The van der Waals surface area contributed by atoms with E-state index >= 15 is 0 Å². The monoisotopic (exact) mass is 486 g/mol. The number of allylic oxidation sites excluding steroid dienone is 3. The number of ether oxygens (including phenoxy) is 3. The van der Waals surface area contributed by atoms with E-state index < -0.39 is 40.8 Å². The van der Waals surface area contributed by atoms with Crippen molar-refractivity contribution >= 4 is 17.6 Å². The summed E-state index contributed by atoms with van der Waals surface area (Å²) in [6.07, 6.45) is 8.94. The summed E-state index contributed by atoms with van der Waals surface area (Å²) in [5.41, 5.74) is -0.0254. The molecule has 1 spiro atoms. The van der Waals surface area contributed by atoms with Gasteiger partial charge in [-0.3, -0.25) is 14.4 Å². The van der Waals surface area contributed by atoms with Crippen LogP contribution in [0.5, 0.6) is 0 Å². The quantitative estimate of drug-likeness (QED) is 0.131. The highest BCUT2D eigenvalue weighted by Crippen LogP contribution is 2.51. The molecule has 4 aliphatic heterocycles. The molecule has 0 aliphatic carbocycles. The highest BCUT2D eigenvalue weighted by Gasteiger charge is 2.65. The van der Waals surface area contributed by atoms with Gasteiger partial charge in [-0.05, 0) is 26.0 Å². The Morgan fingerprint density at radius 2 is 1.97 bits per heavy atom. The van der Waals surface area contributed by atoms with Crippen LogP contribution in [0.3, 0.4) is 0 Å². The molecular weight excluding hydrogens is 452 g/mol. The number of rotatable bonds is 6. The van der Waals surface area contributed by atoms with Gasteiger partial charge in [-0.25, -0.2) is 0 Å². The predicted octanol–water partition coefficient (Wildman–Crippen LogP) is 1.86. The van der Waals surface area contributed by atoms with Gasteiger partial charge < -0.3 is 30.0 Å². The van der Waals surface area contributed by atoms with Gasteiger partial charge in [0.25, 0.3) is 5.91 Å². The molecule has 0 saturated carbocycles. The standard InChI is InChI=1S/C26H34N2O7/c1-13(7-8-17(29)19-21(30)20(28-24(19)32)16(4)23(31)27-6)11-14(2)22-15(3)18-9-10-26(12-33-26)25(5,34-18)35-22/h7-11,14-16,18,20,22,29H,12H2,1-6H3,(H,27,31)(H,28,32)/b8-7+,13-11+,19-17-/t14-,15+,16+,18+,20+,22-,25-,26-/m1/s1. The summed E-state index contributed by atoms with van der Waals surface area (Å²) in [4.78, 5) is 36.9. The van der Waals surface area contributed by atoms with Gasteiger partial charge in [0.2, 0.25) is 11.7 Å². The van der Waals surface area contributed by atoms with Crippen LogP contribution in [0.15, 0.2) is 47.3 Å². The van der Waals surface area contributed by atoms with Crippen molar-refractivity contribution in [3.8, 4) is 0 Å². The fourth-order valence-electron chi connectivity index (χ4n) is 5.17. The van der Waals surface area contributed by atoms with E-state index in [0.29, 0.717) is 6.61 Å². The molecule has 0 aromatic rings. The second kappa shape index (κ2) is 9.04. The maximum absolute atomic E-state index is 12.7. The second-order valence-corrected chi connectivity index (χ2v) is 10.1. The molecule has 4 rings (SSSR count). The third kappa shape index (κ3) is 4.37. The zero-order chi connectivity index (χ0) is 25.7. The molecule has 2 bridgehead atoms. The van der Waals surface area contributed by atoms with Crippen LogP contribution in [0.1, 0.15) is 34.6 Å². The van der Waals surface area contributed by atoms with Crippen LogP contribution in [0.25, 0.3) is 0 Å². The molecule has 35 heavy (non-hydrogen) atoms. The minimum Gasteiger partial charge on any atom is -0.507 e. The maximum Gasteiger partial charge on any atom is 0.259 e. The summed E-state index contributed by atoms with van der Waals surface area (Å²) in [5.74, 6) is -3.56. The van der Waals surface area contributed by atoms with Gasteiger partial charge >= 0.3 is 0 Å². The first-order valence-electron chi connectivity index (χ1n) is 12.0. The third-order valence-corrected chi connectivity index (χ3v) is 7.54. The van der Waals surface area contributed by atoms with Crippen LogP contribution >= 0.6 is 0 Å². The Hall–Kier alpha value is -2.75. The Morgan fingerprint density at radius 3 is 2.60 bits per heavy atom. The molecular formula is C26H34N2O7. The van der Waals surface area contributed by atoms with Gasteiger partial charge in [0.1, 0.15) is 17.4 Å². The molecule has 190 valence electrons. The SMILES string of the molecule is CNC(=O)[C@@H](C)[C@@H]1NC(=O)/C(=C(O)/C=C/C(C)=C/[C@@H](C)[C@H]2O[C@@]3(C)O[C@@H](C=C[C@@]34CO4)[C@@H]2C)C1=O. The van der Waals surface area contributed by atoms with E-state index in [0.717, 1.165) is 5.57 Å². The molecule has 9 heteroatoms. The van der Waals surface area contributed by atoms with Crippen molar-refractivity contribution in [2.75, 3.05) is 13.7 Å². The van der Waals surface area contributed by atoms with E-state index in [-0.39, 0.29) is 35.5 Å². The van der Waals surface area contributed by atoms with E-state index in [1.807, 2.05) is 19.9 Å². The maximum atomic E-state index is 12.7. The molecule has 4 aliphatic rings. The Bertz CT molecular complexity index is 1050. The first-order chi connectivity index (χ1) is 16.4. The van der Waals surface area contributed by atoms with Gasteiger partial charge in [0.05, 0.1) is 24.7 Å². The Balaban J connectivity index is 1.47. The fourth-order valence-corrected chi connectivity index (χ4v) is 5.17. The molecule has 9 nitrogen and oxygen atoms in total. The average molecular weight is 487 g/mol. The number of carbonyl (C=O) groups is 3. The second-order valence-electron chi connectivity index (χ2n) is 10.1. The van der Waals surface area contributed by atoms with Crippen molar-refractivity contribution in [1.29, 1.82) is 0 Å². The summed E-state index contributed by atoms with van der Waals surface area (Å²) < 4.78 is 18.3. The van der Waals surface area contributed by atoms with Gasteiger partial charge in [-0.15, -0.1) is 0 Å². The Labute approximate surface area is 205 Å². The van der Waals surface area contributed by atoms with Crippen LogP contribution in [0, 0.1) is 17.8 Å². The third-order valence-electron chi connectivity index (χ3n) is 7.54. The lowest BCUT2D eigenvalue weighted by Crippen LogP contribution is -2.61. The van der Waals surface area contributed by atoms with Crippen LogP contribution in [0.2, 0.25) is 0 Å². The van der Waals surface area contributed by atoms with Crippen LogP contribution in [-0.4, -0.2) is 66.0 Å². The lowest BCUT2D eigenvalue weighted by Gasteiger charge is -2.51. The molecule has 3 saturated heterocycles. The molecule has 0 aromatic carbocycles. The van der Waals surface area contributed by atoms with Crippen molar-refractivity contribution in [3.05, 3.63) is 47.3 Å². The summed E-state index contributed by atoms with van der Waals surface area (Å²) >= 11 is 0. The average Bonchev–Trinajstić information content (AvgIpc) is 3.55. The smallest absolute Gasteiger partial charge is 0.259 e. The zero-order valence-electron chi connectivity index (χ0n) is 21.0. The largest absolute Gasteiger partial charge is 0.507 e. The topological polar surface area (TPSA) is 126 Å². The number of aliphatic hydroxyl groups is 1. The normalized spacial score (nSPS) is 39.5. The molecule has 0 unspecified atom stereocenters. The summed E-state index contributed by atoms with van der Waals surface area (Å²) in [6, 6.07) is -1.01. The number of epoxide rings is 1. The van der Waals surface area contributed by atoms with Gasteiger partial charge in [-0.2, -0.15) is 0 Å². The molecule has 3 N–H and O–H groups in total. The lowest BCUT2D eigenvalue weighted by molar-refractivity contribution is -0.346. The highest BCUT2D eigenvalue weighted by atomic mass is 16.8. The molecule has 4 heterocycles. The van der Waals surface area contributed by atoms with E-state index in [1.165, 1.54) is 13.1 Å². The van der Waals surface area contributed by atoms with Gasteiger partial charge in [-0.1, -0.05) is 44.6 Å². The molecule has 0 aromatic heterocycles. The van der Waals surface area contributed by atoms with Gasteiger partial charge in [0.15, 0.2) is 11.4 Å². The number of hydrogen-bond acceptors (Lipinski definition) is 7. The summed E-state index contributed by atoms with van der Waals surface area (Å²) in [6.45, 7) is 10.1. The summed E-state index contributed by atoms with van der Waals surface area (Å²) in [7, 11) is 1.46. The molecule has 3 fully saturated rings. The molecule has 8 atom stereocenters. The number of hydrogen-bond donors (Lipinski definition) is 3. The van der Waals surface area contributed by atoms with Crippen molar-refractivity contribution in [2.24, 2.45) is 17.8 Å². The zero-order valence-corrected chi connectivity index (χ0v) is 21.0. The van der Waals surface area contributed by atoms with Crippen LogP contribution < -0.4 is 10.6 Å². The number of Topliss-reactive ketones (excluding diaryl/α,β-unsaturated/α-hetero) is 1. The highest BCUT2D eigenvalue weighted by molar-refractivity contribution is 6.27. The number of amides is 2. The van der Waals surface area contributed by atoms with E-state index in [1.54, 1.807) is 13.0 Å². The number of ketones is 1. The van der Waals surface area contributed by atoms with Crippen molar-refractivity contribution in [1.82, 2.24) is 10.6 Å². The number of carbonyl (C=O) groups excluding carboxylic acids is 3. The minimum atomic E-state index is -1.01. The first kappa shape index (κ1) is 25.3. The number of aliphatic hydroxyl groups excluding tert-OH is 1. The Morgan fingerprint density at radius 1 is 1.29 bits per heavy atom. The lowest BCUT2D eigenvalue weighted by atomic mass is 9.82. The van der Waals surface area contributed by atoms with Crippen LogP contribution in [0.4, 0.5) is 0 Å². The van der Waals surface area contributed by atoms with Crippen molar-refractivity contribution in [3.63, 3.8) is 0 Å². The fraction of sp³-hybridized carbons (Fsp3) is 0.577. The van der Waals surface area contributed by atoms with E-state index in [9.17, 15) is 19.5 Å². The van der Waals surface area contributed by atoms with Crippen LogP contribution in [-0.2, 0) is 28.6 Å². The van der Waals surface area contributed by atoms with Crippen molar-refractivity contribution < 1.29 is 33.7 Å². The Kier molecular flexibility index (Phi) is 6.54. The number of fused-ring (bicyclic) bond motifs is 3. The number of nitrogens with one attached hydrogen (secondary N) is 2. The molecule has 0 radical (unpaired) electrons. The van der Waals surface area contributed by atoms with Crippen molar-refractivity contribution in [2.45, 2.75) is 64.3 Å². The minimum absolute atomic E-state index is 0.0201.